The quantitative estimate of drug-likeness (QED) is 0.564. The molecular weight excluding hydrogens is 360 g/mol. The van der Waals surface area contributed by atoms with Crippen LogP contribution in [0.15, 0.2) is 0 Å². The highest BCUT2D eigenvalue weighted by molar-refractivity contribution is 9.09. The van der Waals surface area contributed by atoms with E-state index >= 15 is 0 Å². The van der Waals surface area contributed by atoms with Crippen LogP contribution < -0.4 is 0 Å². The zero-order chi connectivity index (χ0) is 17.1. The highest BCUT2D eigenvalue weighted by atomic mass is 79.9. The molecule has 0 radical (unpaired) electrons. The Hall–Kier alpha value is 0.440. The Kier molecular flexibility index (Phi) is 4.65. The van der Waals surface area contributed by atoms with E-state index in [1.807, 2.05) is 0 Å². The molecule has 4 rings (SSSR count). The minimum atomic E-state index is -0.374. The molecule has 1 N–H and O–H groups in total. The standard InChI is InChI=1S/C22H37BrO/c1-14(13-23)19-6-7-20-18-5-4-15-12-21(2,24)10-8-16(15)17(18)9-11-22(19,20)3/h14-20,24H,4-13H2,1-3H3/t14?,15-,16?,17-,18?,19-,20+,21-,22-/m1/s1. The first kappa shape index (κ1) is 17.8. The minimum absolute atomic E-state index is 0.374. The van der Waals surface area contributed by atoms with Crippen LogP contribution >= 0.6 is 15.9 Å². The maximum atomic E-state index is 10.5. The lowest BCUT2D eigenvalue weighted by Gasteiger charge is -2.57. The van der Waals surface area contributed by atoms with Gasteiger partial charge in [-0.3, -0.25) is 0 Å². The van der Waals surface area contributed by atoms with Gasteiger partial charge in [-0.2, -0.15) is 0 Å². The topological polar surface area (TPSA) is 20.2 Å². The number of alkyl halides is 1. The minimum Gasteiger partial charge on any atom is -0.390 e. The molecule has 0 aromatic rings. The van der Waals surface area contributed by atoms with E-state index < -0.39 is 0 Å². The second-order valence-electron chi connectivity index (χ2n) is 10.5. The van der Waals surface area contributed by atoms with Gasteiger partial charge in [0.25, 0.3) is 0 Å². The van der Waals surface area contributed by atoms with Crippen LogP contribution in [0.3, 0.4) is 0 Å². The van der Waals surface area contributed by atoms with Gasteiger partial charge in [0.05, 0.1) is 5.60 Å². The summed E-state index contributed by atoms with van der Waals surface area (Å²) in [5, 5.41) is 11.7. The van der Waals surface area contributed by atoms with Crippen LogP contribution in [-0.2, 0) is 0 Å². The molecule has 4 aliphatic carbocycles. The highest BCUT2D eigenvalue weighted by Gasteiger charge is 2.57. The predicted molar refractivity (Wildman–Crippen MR) is 104 cm³/mol. The molecule has 24 heavy (non-hydrogen) atoms. The summed E-state index contributed by atoms with van der Waals surface area (Å²) >= 11 is 3.77. The largest absolute Gasteiger partial charge is 0.390 e. The van der Waals surface area contributed by atoms with Crippen molar-refractivity contribution in [2.75, 3.05) is 5.33 Å². The van der Waals surface area contributed by atoms with Crippen LogP contribution in [0.2, 0.25) is 0 Å². The molecule has 0 aromatic carbocycles. The fourth-order valence-corrected chi connectivity index (χ4v) is 8.62. The van der Waals surface area contributed by atoms with Crippen molar-refractivity contribution < 1.29 is 5.11 Å². The van der Waals surface area contributed by atoms with Crippen LogP contribution in [0.25, 0.3) is 0 Å². The Morgan fingerprint density at radius 3 is 2.46 bits per heavy atom. The van der Waals surface area contributed by atoms with Gasteiger partial charge in [-0.25, -0.2) is 0 Å². The first-order valence-corrected chi connectivity index (χ1v) is 11.8. The third-order valence-corrected chi connectivity index (χ3v) is 10.3. The smallest absolute Gasteiger partial charge is 0.0622 e. The van der Waals surface area contributed by atoms with E-state index in [1.165, 1.54) is 50.3 Å². The molecule has 4 saturated carbocycles. The zero-order valence-corrected chi connectivity index (χ0v) is 17.5. The van der Waals surface area contributed by atoms with Crippen LogP contribution in [0.4, 0.5) is 0 Å². The van der Waals surface area contributed by atoms with Crippen molar-refractivity contribution in [3.8, 4) is 0 Å². The Bertz CT molecular complexity index is 475. The molecule has 0 heterocycles. The molecule has 0 aliphatic heterocycles. The summed E-state index contributed by atoms with van der Waals surface area (Å²) in [7, 11) is 0. The van der Waals surface area contributed by atoms with E-state index in [0.717, 1.165) is 54.3 Å². The van der Waals surface area contributed by atoms with Crippen molar-refractivity contribution in [2.24, 2.45) is 46.8 Å². The molecule has 0 bridgehead atoms. The normalized spacial score (nSPS) is 55.4. The second-order valence-corrected chi connectivity index (χ2v) is 11.2. The maximum Gasteiger partial charge on any atom is 0.0622 e. The number of aliphatic hydroxyl groups is 1. The lowest BCUT2D eigenvalue weighted by molar-refractivity contribution is -0.102. The molecule has 4 fully saturated rings. The van der Waals surface area contributed by atoms with Gasteiger partial charge < -0.3 is 5.11 Å². The third-order valence-electron chi connectivity index (χ3n) is 9.24. The first-order chi connectivity index (χ1) is 11.4. The molecule has 1 nitrogen and oxygen atoms in total. The Labute approximate surface area is 157 Å². The van der Waals surface area contributed by atoms with Crippen LogP contribution in [0.1, 0.15) is 78.6 Å². The van der Waals surface area contributed by atoms with E-state index in [1.54, 1.807) is 0 Å². The second kappa shape index (κ2) is 6.25. The Morgan fingerprint density at radius 1 is 0.958 bits per heavy atom. The lowest BCUT2D eigenvalue weighted by Crippen LogP contribution is -2.50. The molecule has 138 valence electrons. The average Bonchev–Trinajstić information content (AvgIpc) is 2.90. The Morgan fingerprint density at radius 2 is 1.71 bits per heavy atom. The molecule has 9 atom stereocenters. The van der Waals surface area contributed by atoms with Gasteiger partial charge in [0.1, 0.15) is 0 Å². The molecule has 0 saturated heterocycles. The molecule has 2 heteroatoms. The van der Waals surface area contributed by atoms with Crippen molar-refractivity contribution >= 4 is 15.9 Å². The van der Waals surface area contributed by atoms with Gasteiger partial charge in [0.15, 0.2) is 0 Å². The van der Waals surface area contributed by atoms with Crippen LogP contribution in [0, 0.1) is 46.8 Å². The Balaban J connectivity index is 1.53. The van der Waals surface area contributed by atoms with Crippen molar-refractivity contribution in [1.29, 1.82) is 0 Å². The van der Waals surface area contributed by atoms with Gasteiger partial charge in [0.2, 0.25) is 0 Å². The van der Waals surface area contributed by atoms with Gasteiger partial charge in [-0.05, 0) is 112 Å². The van der Waals surface area contributed by atoms with Gasteiger partial charge >= 0.3 is 0 Å². The molecule has 4 aliphatic rings. The van der Waals surface area contributed by atoms with E-state index in [0.29, 0.717) is 5.41 Å². The fourth-order valence-electron chi connectivity index (χ4n) is 8.16. The van der Waals surface area contributed by atoms with E-state index in [9.17, 15) is 5.11 Å². The van der Waals surface area contributed by atoms with Crippen molar-refractivity contribution in [2.45, 2.75) is 84.2 Å². The summed E-state index contributed by atoms with van der Waals surface area (Å²) < 4.78 is 0. The average molecular weight is 397 g/mol. The summed E-state index contributed by atoms with van der Waals surface area (Å²) in [6, 6.07) is 0. The number of fused-ring (bicyclic) bond motifs is 5. The van der Waals surface area contributed by atoms with Gasteiger partial charge in [0, 0.05) is 5.33 Å². The number of hydrogen-bond donors (Lipinski definition) is 1. The van der Waals surface area contributed by atoms with E-state index in [2.05, 4.69) is 36.7 Å². The predicted octanol–water partition coefficient (Wildman–Crippen LogP) is 6.04. The highest BCUT2D eigenvalue weighted by Crippen LogP contribution is 2.65. The summed E-state index contributed by atoms with van der Waals surface area (Å²) in [6.07, 6.45) is 12.2. The molecular formula is C22H37BrO. The molecule has 3 unspecified atom stereocenters. The van der Waals surface area contributed by atoms with Crippen molar-refractivity contribution in [1.82, 2.24) is 0 Å². The molecule has 0 aromatic heterocycles. The van der Waals surface area contributed by atoms with Crippen LogP contribution in [-0.4, -0.2) is 16.0 Å². The van der Waals surface area contributed by atoms with Gasteiger partial charge in [-0.1, -0.05) is 29.8 Å². The van der Waals surface area contributed by atoms with Crippen molar-refractivity contribution in [3.05, 3.63) is 0 Å². The lowest BCUT2D eigenvalue weighted by atomic mass is 9.48. The summed E-state index contributed by atoms with van der Waals surface area (Å²) in [5.74, 6) is 6.49. The molecule has 0 spiro atoms. The molecule has 0 amide bonds. The fraction of sp³-hybridized carbons (Fsp3) is 1.00. The number of hydrogen-bond acceptors (Lipinski definition) is 1. The SMILES string of the molecule is CC(CBr)[C@H]1CC[C@H]2C3CC[C@@H]4C[C@](C)(O)CCC4[C@H]3CC[C@]12C. The van der Waals surface area contributed by atoms with E-state index in [-0.39, 0.29) is 5.60 Å². The summed E-state index contributed by atoms with van der Waals surface area (Å²) in [5.41, 5.74) is 0.238. The third kappa shape index (κ3) is 2.73. The number of rotatable bonds is 2. The number of halogens is 1. The van der Waals surface area contributed by atoms with Crippen molar-refractivity contribution in [3.63, 3.8) is 0 Å². The summed E-state index contributed by atoms with van der Waals surface area (Å²) in [6.45, 7) is 7.21. The monoisotopic (exact) mass is 396 g/mol. The van der Waals surface area contributed by atoms with Gasteiger partial charge in [-0.15, -0.1) is 0 Å². The summed E-state index contributed by atoms with van der Waals surface area (Å²) in [4.78, 5) is 0. The van der Waals surface area contributed by atoms with Crippen LogP contribution in [0.5, 0.6) is 0 Å². The van der Waals surface area contributed by atoms with E-state index in [4.69, 9.17) is 0 Å². The zero-order valence-electron chi connectivity index (χ0n) is 15.9. The first-order valence-electron chi connectivity index (χ1n) is 10.6. The maximum absolute atomic E-state index is 10.5.